The number of aromatic nitrogens is 3. The third-order valence-electron chi connectivity index (χ3n) is 3.03. The van der Waals surface area contributed by atoms with Gasteiger partial charge in [0, 0.05) is 19.2 Å². The molecule has 0 unspecified atom stereocenters. The van der Waals surface area contributed by atoms with Crippen molar-refractivity contribution in [2.75, 3.05) is 12.4 Å². The van der Waals surface area contributed by atoms with Crippen molar-refractivity contribution in [3.63, 3.8) is 0 Å². The van der Waals surface area contributed by atoms with E-state index in [4.69, 9.17) is 11.6 Å². The fraction of sp³-hybridized carbons (Fsp3) is 0.308. The molecule has 0 spiro atoms. The highest BCUT2D eigenvalue weighted by molar-refractivity contribution is 14.1. The molecule has 98 valence electrons. The van der Waals surface area contributed by atoms with E-state index in [0.29, 0.717) is 16.8 Å². The minimum atomic E-state index is 0.577. The first-order valence-corrected chi connectivity index (χ1v) is 7.52. The molecule has 2 aromatic rings. The van der Waals surface area contributed by atoms with Crippen LogP contribution in [-0.2, 0) is 0 Å². The molecular weight excluding hydrogens is 375 g/mol. The van der Waals surface area contributed by atoms with E-state index in [1.54, 1.807) is 12.3 Å². The van der Waals surface area contributed by atoms with Crippen LogP contribution in [0.3, 0.4) is 0 Å². The molecule has 1 saturated carbocycles. The van der Waals surface area contributed by atoms with Gasteiger partial charge in [0.25, 0.3) is 0 Å². The average Bonchev–Trinajstić information content (AvgIpc) is 3.24. The molecule has 6 heteroatoms. The van der Waals surface area contributed by atoms with E-state index in [1.165, 1.54) is 12.8 Å². The largest absolute Gasteiger partial charge is 0.372 e. The number of anilines is 1. The Kier molecular flexibility index (Phi) is 3.58. The molecule has 3 rings (SSSR count). The third kappa shape index (κ3) is 2.67. The summed E-state index contributed by atoms with van der Waals surface area (Å²) in [5.41, 5.74) is 1.88. The molecule has 19 heavy (non-hydrogen) atoms. The summed E-state index contributed by atoms with van der Waals surface area (Å²) in [6.45, 7) is 0. The molecule has 1 N–H and O–H groups in total. The second-order valence-corrected chi connectivity index (χ2v) is 6.00. The molecule has 0 atom stereocenters. The van der Waals surface area contributed by atoms with Gasteiger partial charge >= 0.3 is 0 Å². The Hall–Kier alpha value is -0.950. The minimum absolute atomic E-state index is 0.577. The summed E-state index contributed by atoms with van der Waals surface area (Å²) in [4.78, 5) is 13.5. The Labute approximate surface area is 130 Å². The van der Waals surface area contributed by atoms with Gasteiger partial charge < -0.3 is 5.32 Å². The number of nitrogens with one attached hydrogen (secondary N) is 1. The lowest BCUT2D eigenvalue weighted by atomic mass is 10.2. The summed E-state index contributed by atoms with van der Waals surface area (Å²) in [7, 11) is 1.88. The monoisotopic (exact) mass is 386 g/mol. The second-order valence-electron chi connectivity index (χ2n) is 4.48. The van der Waals surface area contributed by atoms with E-state index in [2.05, 4.69) is 42.9 Å². The van der Waals surface area contributed by atoms with Crippen LogP contribution in [-0.4, -0.2) is 22.0 Å². The SMILES string of the molecule is CNc1nc(-c2ccc(Cl)cn2)nc(C2CC2)c1I. The Bertz CT molecular complexity index is 611. The van der Waals surface area contributed by atoms with Gasteiger partial charge in [0.15, 0.2) is 5.82 Å². The predicted octanol–water partition coefficient (Wildman–Crippen LogP) is 3.72. The van der Waals surface area contributed by atoms with Gasteiger partial charge in [-0.05, 0) is 47.6 Å². The molecule has 2 heterocycles. The van der Waals surface area contributed by atoms with Crippen molar-refractivity contribution in [2.45, 2.75) is 18.8 Å². The number of hydrogen-bond acceptors (Lipinski definition) is 4. The van der Waals surface area contributed by atoms with Gasteiger partial charge in [-0.15, -0.1) is 0 Å². The summed E-state index contributed by atoms with van der Waals surface area (Å²) in [5, 5.41) is 3.74. The first-order chi connectivity index (χ1) is 9.19. The molecule has 0 amide bonds. The number of halogens is 2. The third-order valence-corrected chi connectivity index (χ3v) is 4.32. The topological polar surface area (TPSA) is 50.7 Å². The minimum Gasteiger partial charge on any atom is -0.372 e. The standard InChI is InChI=1S/C13H12ClIN4/c1-16-13-10(15)11(7-2-3-7)18-12(19-13)9-5-4-8(14)6-17-9/h4-7H,2-3H2,1H3,(H,16,18,19). The lowest BCUT2D eigenvalue weighted by molar-refractivity contribution is 0.973. The zero-order valence-electron chi connectivity index (χ0n) is 10.3. The van der Waals surface area contributed by atoms with Crippen molar-refractivity contribution in [1.82, 2.24) is 15.0 Å². The van der Waals surface area contributed by atoms with Crippen LogP contribution in [0.15, 0.2) is 18.3 Å². The average molecular weight is 387 g/mol. The summed E-state index contributed by atoms with van der Waals surface area (Å²) >= 11 is 8.17. The van der Waals surface area contributed by atoms with Gasteiger partial charge in [0.2, 0.25) is 0 Å². The highest BCUT2D eigenvalue weighted by atomic mass is 127. The lowest BCUT2D eigenvalue weighted by Gasteiger charge is -2.10. The summed E-state index contributed by atoms with van der Waals surface area (Å²) < 4.78 is 1.11. The van der Waals surface area contributed by atoms with Crippen LogP contribution in [0.4, 0.5) is 5.82 Å². The van der Waals surface area contributed by atoms with Gasteiger partial charge in [0.05, 0.1) is 14.3 Å². The van der Waals surface area contributed by atoms with Crippen molar-refractivity contribution in [3.8, 4) is 11.5 Å². The Morgan fingerprint density at radius 1 is 1.32 bits per heavy atom. The van der Waals surface area contributed by atoms with E-state index in [1.807, 2.05) is 13.1 Å². The molecule has 0 aliphatic heterocycles. The first-order valence-electron chi connectivity index (χ1n) is 6.06. The molecule has 0 radical (unpaired) electrons. The smallest absolute Gasteiger partial charge is 0.180 e. The van der Waals surface area contributed by atoms with Crippen molar-refractivity contribution in [3.05, 3.63) is 32.6 Å². The molecule has 0 saturated heterocycles. The fourth-order valence-electron chi connectivity index (χ4n) is 1.88. The van der Waals surface area contributed by atoms with Crippen LogP contribution in [0.5, 0.6) is 0 Å². The van der Waals surface area contributed by atoms with Crippen LogP contribution in [0.25, 0.3) is 11.5 Å². The molecule has 1 fully saturated rings. The van der Waals surface area contributed by atoms with Crippen molar-refractivity contribution < 1.29 is 0 Å². The maximum atomic E-state index is 5.86. The van der Waals surface area contributed by atoms with Crippen LogP contribution in [0, 0.1) is 3.57 Å². The van der Waals surface area contributed by atoms with Crippen molar-refractivity contribution in [1.29, 1.82) is 0 Å². The van der Waals surface area contributed by atoms with E-state index >= 15 is 0 Å². The zero-order chi connectivity index (χ0) is 13.4. The highest BCUT2D eigenvalue weighted by Crippen LogP contribution is 2.42. The maximum absolute atomic E-state index is 5.86. The number of hydrogen-bond donors (Lipinski definition) is 1. The highest BCUT2D eigenvalue weighted by Gasteiger charge is 2.29. The summed E-state index contributed by atoms with van der Waals surface area (Å²) in [5.74, 6) is 2.10. The number of rotatable bonds is 3. The molecule has 4 nitrogen and oxygen atoms in total. The van der Waals surface area contributed by atoms with Crippen LogP contribution in [0.2, 0.25) is 5.02 Å². The molecule has 0 bridgehead atoms. The van der Waals surface area contributed by atoms with Crippen LogP contribution in [0.1, 0.15) is 24.5 Å². The lowest BCUT2D eigenvalue weighted by Crippen LogP contribution is -2.05. The second kappa shape index (κ2) is 5.20. The zero-order valence-corrected chi connectivity index (χ0v) is 13.2. The maximum Gasteiger partial charge on any atom is 0.180 e. The Morgan fingerprint density at radius 3 is 2.68 bits per heavy atom. The van der Waals surface area contributed by atoms with E-state index in [0.717, 1.165) is 20.8 Å². The van der Waals surface area contributed by atoms with Crippen molar-refractivity contribution >= 4 is 40.0 Å². The normalized spacial score (nSPS) is 14.5. The number of pyridine rings is 1. The van der Waals surface area contributed by atoms with Crippen molar-refractivity contribution in [2.24, 2.45) is 0 Å². The quantitative estimate of drug-likeness (QED) is 0.817. The van der Waals surface area contributed by atoms with Gasteiger partial charge in [0.1, 0.15) is 11.5 Å². The summed E-state index contributed by atoms with van der Waals surface area (Å²) in [6.07, 6.45) is 4.04. The molecule has 2 aromatic heterocycles. The van der Waals surface area contributed by atoms with Gasteiger partial charge in [-0.3, -0.25) is 4.98 Å². The van der Waals surface area contributed by atoms with Gasteiger partial charge in [-0.25, -0.2) is 9.97 Å². The van der Waals surface area contributed by atoms with Crippen LogP contribution < -0.4 is 5.32 Å². The predicted molar refractivity (Wildman–Crippen MR) is 84.5 cm³/mol. The summed E-state index contributed by atoms with van der Waals surface area (Å²) in [6, 6.07) is 3.65. The Balaban J connectivity index is 2.10. The van der Waals surface area contributed by atoms with E-state index in [9.17, 15) is 0 Å². The molecule has 0 aromatic carbocycles. The molecular formula is C13H12ClIN4. The first kappa shape index (κ1) is 13.1. The van der Waals surface area contributed by atoms with E-state index in [-0.39, 0.29) is 0 Å². The molecule has 1 aliphatic carbocycles. The van der Waals surface area contributed by atoms with Gasteiger partial charge in [-0.2, -0.15) is 0 Å². The van der Waals surface area contributed by atoms with E-state index < -0.39 is 0 Å². The fourth-order valence-corrected chi connectivity index (χ4v) is 2.94. The van der Waals surface area contributed by atoms with Crippen LogP contribution >= 0.6 is 34.2 Å². The van der Waals surface area contributed by atoms with Gasteiger partial charge in [-0.1, -0.05) is 11.6 Å². The number of nitrogens with zero attached hydrogens (tertiary/aromatic N) is 3. The Morgan fingerprint density at radius 2 is 2.11 bits per heavy atom. The molecule has 1 aliphatic rings.